The van der Waals surface area contributed by atoms with E-state index in [0.717, 1.165) is 29.8 Å². The Morgan fingerprint density at radius 2 is 1.80 bits per heavy atom. The predicted octanol–water partition coefficient (Wildman–Crippen LogP) is 2.52. The fourth-order valence-electron chi connectivity index (χ4n) is 6.04. The van der Waals surface area contributed by atoms with Gasteiger partial charge in [0.15, 0.2) is 0 Å². The number of piperidine rings is 1. The summed E-state index contributed by atoms with van der Waals surface area (Å²) in [5.74, 6) is 0.441. The summed E-state index contributed by atoms with van der Waals surface area (Å²) in [6.07, 6.45) is -2.51. The van der Waals surface area contributed by atoms with Gasteiger partial charge in [0.25, 0.3) is 0 Å². The van der Waals surface area contributed by atoms with Gasteiger partial charge in [-0.1, -0.05) is 6.07 Å². The van der Waals surface area contributed by atoms with Gasteiger partial charge in [0.2, 0.25) is 10.0 Å². The first kappa shape index (κ1) is 33.6. The van der Waals surface area contributed by atoms with Crippen LogP contribution in [0, 0.1) is 0 Å². The van der Waals surface area contributed by atoms with Crippen LogP contribution >= 0.6 is 11.8 Å². The van der Waals surface area contributed by atoms with E-state index in [2.05, 4.69) is 9.80 Å². The van der Waals surface area contributed by atoms with Crippen molar-refractivity contribution in [1.29, 1.82) is 0 Å². The number of β-amino-alcohol motifs (C(OH)–C–C–N with tert-alkyl or cyclic N) is 1. The molecule has 15 heteroatoms. The summed E-state index contributed by atoms with van der Waals surface area (Å²) >= 11 is 1.13. The third kappa shape index (κ3) is 8.35. The highest BCUT2D eigenvalue weighted by Crippen LogP contribution is 2.40. The number of benzene rings is 1. The third-order valence-corrected chi connectivity index (χ3v) is 11.0. The average Bonchev–Trinajstić information content (AvgIpc) is 3.31. The monoisotopic (exact) mass is 661 g/mol. The summed E-state index contributed by atoms with van der Waals surface area (Å²) in [6, 6.07) is 3.98. The van der Waals surface area contributed by atoms with Crippen molar-refractivity contribution >= 4 is 21.8 Å². The molecule has 5 rings (SSSR count). The molecule has 2 N–H and O–H groups in total. The number of aromatic nitrogens is 2. The maximum absolute atomic E-state index is 14.1. The zero-order valence-corrected chi connectivity index (χ0v) is 26.9. The van der Waals surface area contributed by atoms with E-state index < -0.39 is 33.5 Å². The Balaban J connectivity index is 1.41. The second kappa shape index (κ2) is 13.6. The van der Waals surface area contributed by atoms with Gasteiger partial charge in [-0.15, -0.1) is 11.8 Å². The Morgan fingerprint density at radius 3 is 2.45 bits per heavy atom. The quantitative estimate of drug-likeness (QED) is 0.371. The van der Waals surface area contributed by atoms with Crippen LogP contribution in [-0.4, -0.2) is 125 Å². The van der Waals surface area contributed by atoms with Gasteiger partial charge >= 0.3 is 6.18 Å². The Labute approximate surface area is 261 Å². The molecule has 1 aromatic heterocycles. The van der Waals surface area contributed by atoms with Crippen molar-refractivity contribution in [3.8, 4) is 11.3 Å². The van der Waals surface area contributed by atoms with Gasteiger partial charge in [0, 0.05) is 86.2 Å². The largest absolute Gasteiger partial charge is 0.417 e. The van der Waals surface area contributed by atoms with E-state index in [1.807, 2.05) is 0 Å². The number of aliphatic hydroxyl groups is 2. The molecule has 0 spiro atoms. The number of thioether (sulfide) groups is 1. The maximum atomic E-state index is 14.1. The lowest BCUT2D eigenvalue weighted by atomic mass is 9.94. The number of likely N-dealkylation sites (tertiary alicyclic amines) is 1. The van der Waals surface area contributed by atoms with Gasteiger partial charge in [0.05, 0.1) is 49.0 Å². The van der Waals surface area contributed by atoms with Crippen molar-refractivity contribution in [2.75, 3.05) is 71.0 Å². The van der Waals surface area contributed by atoms with E-state index in [4.69, 9.17) is 9.84 Å². The molecule has 1 atom stereocenters. The van der Waals surface area contributed by atoms with Gasteiger partial charge < -0.3 is 19.8 Å². The molecule has 0 unspecified atom stereocenters. The molecule has 2 fully saturated rings. The molecular weight excluding hydrogens is 619 g/mol. The van der Waals surface area contributed by atoms with Crippen molar-refractivity contribution in [2.45, 2.75) is 62.1 Å². The lowest BCUT2D eigenvalue weighted by Crippen LogP contribution is -2.43. The summed E-state index contributed by atoms with van der Waals surface area (Å²) < 4.78 is 75.5. The molecule has 44 heavy (non-hydrogen) atoms. The summed E-state index contributed by atoms with van der Waals surface area (Å²) in [6.45, 7) is 7.35. The van der Waals surface area contributed by atoms with Crippen LogP contribution in [0.4, 0.5) is 13.2 Å². The average molecular weight is 662 g/mol. The van der Waals surface area contributed by atoms with Crippen LogP contribution < -0.4 is 0 Å². The Kier molecular flexibility index (Phi) is 10.4. The molecular formula is C29H42F3N5O5S2. The minimum Gasteiger partial charge on any atom is -0.390 e. The number of rotatable bonds is 10. The Morgan fingerprint density at radius 1 is 1.09 bits per heavy atom. The molecule has 0 amide bonds. The normalized spacial score (nSPS) is 21.3. The topological polar surface area (TPSA) is 111 Å². The molecule has 2 aromatic rings. The molecule has 2 saturated heterocycles. The van der Waals surface area contributed by atoms with Crippen molar-refractivity contribution in [3.05, 3.63) is 35.0 Å². The van der Waals surface area contributed by atoms with E-state index >= 15 is 0 Å². The number of aliphatic hydroxyl groups excluding tert-OH is 1. The van der Waals surface area contributed by atoms with Crippen LogP contribution in [0.1, 0.15) is 36.6 Å². The SMILES string of the molecule is CC1(O)CCN(CCSc2cc(-c3nn(C[C@H](O)CN4CCOCC4)c4c3CN(S(C)(=O)=O)CC4)ccc2C(F)(F)F)CC1. The number of fused-ring (bicyclic) bond motifs is 1. The minimum absolute atomic E-state index is 0.0608. The molecule has 3 aliphatic heterocycles. The maximum Gasteiger partial charge on any atom is 0.417 e. The number of sulfonamides is 1. The van der Waals surface area contributed by atoms with Crippen molar-refractivity contribution in [2.24, 2.45) is 0 Å². The Hall–Kier alpha value is -1.72. The lowest BCUT2D eigenvalue weighted by Gasteiger charge is -2.35. The van der Waals surface area contributed by atoms with Gasteiger partial charge in [-0.25, -0.2) is 8.42 Å². The molecule has 0 aliphatic carbocycles. The predicted molar refractivity (Wildman–Crippen MR) is 162 cm³/mol. The summed E-state index contributed by atoms with van der Waals surface area (Å²) in [4.78, 5) is 4.36. The van der Waals surface area contributed by atoms with Crippen LogP contribution in [0.5, 0.6) is 0 Å². The zero-order valence-electron chi connectivity index (χ0n) is 25.2. The highest BCUT2D eigenvalue weighted by molar-refractivity contribution is 7.99. The van der Waals surface area contributed by atoms with Gasteiger partial charge in [0.1, 0.15) is 0 Å². The van der Waals surface area contributed by atoms with Crippen LogP contribution in [-0.2, 0) is 40.4 Å². The van der Waals surface area contributed by atoms with Crippen LogP contribution in [0.15, 0.2) is 23.1 Å². The van der Waals surface area contributed by atoms with Gasteiger partial charge in [-0.2, -0.15) is 22.6 Å². The standard InChI is InChI=1S/C29H42F3N5O5S2/c1-28(39)6-9-34(10-7-28)13-16-43-26-17-21(3-4-24(26)29(30,31)32)27-23-20-36(44(2,40)41)8-5-25(23)37(33-27)19-22(38)18-35-11-14-42-15-12-35/h3-4,17,22,38-39H,5-16,18-20H2,1-2H3/t22-/m1/s1. The molecule has 246 valence electrons. The van der Waals surface area contributed by atoms with E-state index in [1.54, 1.807) is 11.6 Å². The van der Waals surface area contributed by atoms with Gasteiger partial charge in [-0.05, 0) is 31.9 Å². The van der Waals surface area contributed by atoms with Gasteiger partial charge in [-0.3, -0.25) is 9.58 Å². The second-order valence-corrected chi connectivity index (χ2v) is 15.4. The number of ether oxygens (including phenoxy) is 1. The molecule has 1 aromatic carbocycles. The molecule has 10 nitrogen and oxygen atoms in total. The number of halogens is 3. The third-order valence-electron chi connectivity index (χ3n) is 8.68. The second-order valence-electron chi connectivity index (χ2n) is 12.3. The fourth-order valence-corrected chi connectivity index (χ4v) is 7.94. The van der Waals surface area contributed by atoms with Crippen LogP contribution in [0.2, 0.25) is 0 Å². The van der Waals surface area contributed by atoms with Crippen molar-refractivity contribution in [3.63, 3.8) is 0 Å². The highest BCUT2D eigenvalue weighted by atomic mass is 32.2. The highest BCUT2D eigenvalue weighted by Gasteiger charge is 2.35. The van der Waals surface area contributed by atoms with Crippen LogP contribution in [0.25, 0.3) is 11.3 Å². The fraction of sp³-hybridized carbons (Fsp3) is 0.690. The minimum atomic E-state index is -4.54. The summed E-state index contributed by atoms with van der Waals surface area (Å²) in [5, 5.41) is 25.9. The van der Waals surface area contributed by atoms with E-state index in [-0.39, 0.29) is 24.5 Å². The number of hydrogen-bond acceptors (Lipinski definition) is 9. The first-order chi connectivity index (χ1) is 20.7. The van der Waals surface area contributed by atoms with Crippen molar-refractivity contribution in [1.82, 2.24) is 23.9 Å². The van der Waals surface area contributed by atoms with E-state index in [9.17, 15) is 31.8 Å². The number of nitrogens with zero attached hydrogens (tertiary/aromatic N) is 5. The van der Waals surface area contributed by atoms with E-state index in [1.165, 1.54) is 16.4 Å². The molecule has 0 bridgehead atoms. The first-order valence-corrected chi connectivity index (χ1v) is 17.8. The number of alkyl halides is 3. The van der Waals surface area contributed by atoms with E-state index in [0.29, 0.717) is 94.3 Å². The summed E-state index contributed by atoms with van der Waals surface area (Å²) in [7, 11) is -3.51. The molecule has 0 saturated carbocycles. The molecule has 4 heterocycles. The summed E-state index contributed by atoms with van der Waals surface area (Å²) in [5.41, 5.74) is 0.922. The Bertz CT molecular complexity index is 1400. The lowest BCUT2D eigenvalue weighted by molar-refractivity contribution is -0.139. The van der Waals surface area contributed by atoms with Crippen molar-refractivity contribution < 1.29 is 36.5 Å². The van der Waals surface area contributed by atoms with Crippen LogP contribution in [0.3, 0.4) is 0 Å². The molecule has 0 radical (unpaired) electrons. The zero-order chi connectivity index (χ0) is 31.7. The smallest absolute Gasteiger partial charge is 0.390 e. The number of hydrogen-bond donors (Lipinski definition) is 2. The molecule has 3 aliphatic rings. The first-order valence-electron chi connectivity index (χ1n) is 15.0. The number of morpholine rings is 1.